The molecule has 0 nitrogen and oxygen atoms in total. The van der Waals surface area contributed by atoms with Gasteiger partial charge in [0.25, 0.3) is 0 Å². The second-order valence-electron chi connectivity index (χ2n) is 5.00. The Morgan fingerprint density at radius 2 is 1.50 bits per heavy atom. The molecule has 1 rings (SSSR count). The minimum absolute atomic E-state index is 1.22. The quantitative estimate of drug-likeness (QED) is 0.440. The molecule has 0 bridgehead atoms. The lowest BCUT2D eigenvalue weighted by molar-refractivity contribution is 0.578. The molecule has 1 aromatic rings. The number of hydrogen-bond donors (Lipinski definition) is 0. The molecule has 1 radical (unpaired) electrons. The van der Waals surface area contributed by atoms with Crippen molar-refractivity contribution in [2.24, 2.45) is 0 Å². The van der Waals surface area contributed by atoms with Crippen molar-refractivity contribution in [3.8, 4) is 0 Å². The zero-order valence-electron chi connectivity index (χ0n) is 11.8. The summed E-state index contributed by atoms with van der Waals surface area (Å²) in [6, 6.07) is 11.2. The van der Waals surface area contributed by atoms with Gasteiger partial charge < -0.3 is 0 Å². The standard InChI is InChI=1S/C18H27/c1-2-3-4-5-6-7-8-9-10-12-15-18-16-13-11-14-17-18/h12-17H,2-10H2,1H3. The van der Waals surface area contributed by atoms with Crippen LogP contribution in [0.1, 0.15) is 70.3 Å². The Morgan fingerprint density at radius 3 is 2.17 bits per heavy atom. The van der Waals surface area contributed by atoms with Crippen molar-refractivity contribution >= 4 is 6.08 Å². The Labute approximate surface area is 113 Å². The third-order valence-electron chi connectivity index (χ3n) is 3.28. The van der Waals surface area contributed by atoms with E-state index >= 15 is 0 Å². The summed E-state index contributed by atoms with van der Waals surface area (Å²) in [5.41, 5.74) is 1.29. The van der Waals surface area contributed by atoms with Gasteiger partial charge >= 0.3 is 0 Å². The predicted octanol–water partition coefficient (Wildman–Crippen LogP) is 6.03. The summed E-state index contributed by atoms with van der Waals surface area (Å²) in [7, 11) is 0. The maximum Gasteiger partial charge on any atom is -0.0184 e. The van der Waals surface area contributed by atoms with E-state index in [9.17, 15) is 0 Å². The van der Waals surface area contributed by atoms with E-state index in [1.165, 1.54) is 63.4 Å². The van der Waals surface area contributed by atoms with Crippen LogP contribution in [0.4, 0.5) is 0 Å². The van der Waals surface area contributed by atoms with Crippen LogP contribution in [-0.2, 0) is 0 Å². The molecule has 0 heteroatoms. The zero-order valence-corrected chi connectivity index (χ0v) is 11.8. The number of hydrogen-bond acceptors (Lipinski definition) is 0. The highest BCUT2D eigenvalue weighted by molar-refractivity contribution is 5.48. The molecule has 0 atom stereocenters. The highest BCUT2D eigenvalue weighted by Crippen LogP contribution is 2.10. The first-order valence-corrected chi connectivity index (χ1v) is 7.56. The molecule has 0 aliphatic heterocycles. The Balaban J connectivity index is 1.91. The number of rotatable bonds is 10. The van der Waals surface area contributed by atoms with E-state index in [4.69, 9.17) is 0 Å². The van der Waals surface area contributed by atoms with Gasteiger partial charge in [-0.25, -0.2) is 0 Å². The molecule has 0 spiro atoms. The summed E-state index contributed by atoms with van der Waals surface area (Å²) in [6.07, 6.45) is 16.9. The van der Waals surface area contributed by atoms with Gasteiger partial charge in [0.05, 0.1) is 0 Å². The van der Waals surface area contributed by atoms with Crippen molar-refractivity contribution in [1.29, 1.82) is 0 Å². The Bertz CT molecular complexity index is 297. The lowest BCUT2D eigenvalue weighted by Crippen LogP contribution is -1.80. The van der Waals surface area contributed by atoms with Crippen LogP contribution in [0.25, 0.3) is 6.08 Å². The number of unbranched alkanes of at least 4 members (excludes halogenated alkanes) is 8. The molecular weight excluding hydrogens is 216 g/mol. The van der Waals surface area contributed by atoms with Gasteiger partial charge in [-0.2, -0.15) is 0 Å². The molecule has 0 unspecified atom stereocenters. The average Bonchev–Trinajstić information content (AvgIpc) is 2.42. The summed E-state index contributed by atoms with van der Waals surface area (Å²) in [5, 5.41) is 0. The lowest BCUT2D eigenvalue weighted by Gasteiger charge is -1.99. The fraction of sp³-hybridized carbons (Fsp3) is 0.556. The van der Waals surface area contributed by atoms with Crippen LogP contribution >= 0.6 is 0 Å². The van der Waals surface area contributed by atoms with E-state index in [0.29, 0.717) is 0 Å². The van der Waals surface area contributed by atoms with Crippen LogP contribution in [0.15, 0.2) is 30.3 Å². The van der Waals surface area contributed by atoms with Crippen LogP contribution < -0.4 is 0 Å². The van der Waals surface area contributed by atoms with Crippen molar-refractivity contribution in [3.05, 3.63) is 42.0 Å². The van der Waals surface area contributed by atoms with Crippen molar-refractivity contribution < 1.29 is 0 Å². The Kier molecular flexibility index (Phi) is 9.24. The lowest BCUT2D eigenvalue weighted by atomic mass is 10.1. The van der Waals surface area contributed by atoms with Crippen LogP contribution in [0.5, 0.6) is 0 Å². The molecule has 0 aliphatic carbocycles. The SMILES string of the molecule is CCCCCCCCCCC=Cc1cc[c]cc1. The summed E-state index contributed by atoms with van der Waals surface area (Å²) in [4.78, 5) is 0. The molecule has 0 saturated heterocycles. The van der Waals surface area contributed by atoms with Gasteiger partial charge in [0.15, 0.2) is 0 Å². The third-order valence-corrected chi connectivity index (χ3v) is 3.28. The molecule has 1 aromatic carbocycles. The van der Waals surface area contributed by atoms with E-state index in [1.54, 1.807) is 0 Å². The van der Waals surface area contributed by atoms with Gasteiger partial charge in [0.2, 0.25) is 0 Å². The highest BCUT2D eigenvalue weighted by atomic mass is 14.0. The molecule has 0 fully saturated rings. The minimum Gasteiger partial charge on any atom is -0.0839 e. The normalized spacial score (nSPS) is 11.2. The van der Waals surface area contributed by atoms with Gasteiger partial charge in [-0.1, -0.05) is 88.3 Å². The van der Waals surface area contributed by atoms with E-state index in [1.807, 2.05) is 12.1 Å². The van der Waals surface area contributed by atoms with Crippen LogP contribution in [-0.4, -0.2) is 0 Å². The smallest absolute Gasteiger partial charge is 0.0184 e. The van der Waals surface area contributed by atoms with Gasteiger partial charge in [-0.05, 0) is 24.5 Å². The first kappa shape index (κ1) is 15.0. The summed E-state index contributed by atoms with van der Waals surface area (Å²) < 4.78 is 0. The zero-order chi connectivity index (χ0) is 12.9. The number of allylic oxidation sites excluding steroid dienone is 1. The van der Waals surface area contributed by atoms with Gasteiger partial charge in [0.1, 0.15) is 0 Å². The van der Waals surface area contributed by atoms with Crippen molar-refractivity contribution in [3.63, 3.8) is 0 Å². The fourth-order valence-corrected chi connectivity index (χ4v) is 2.13. The maximum atomic E-state index is 3.04. The largest absolute Gasteiger partial charge is 0.0839 e. The fourth-order valence-electron chi connectivity index (χ4n) is 2.13. The summed E-state index contributed by atoms with van der Waals surface area (Å²) >= 11 is 0. The van der Waals surface area contributed by atoms with Crippen molar-refractivity contribution in [2.75, 3.05) is 0 Å². The summed E-state index contributed by atoms with van der Waals surface area (Å²) in [5.74, 6) is 0. The third kappa shape index (κ3) is 8.11. The maximum absolute atomic E-state index is 3.04. The molecule has 18 heavy (non-hydrogen) atoms. The van der Waals surface area contributed by atoms with Crippen molar-refractivity contribution in [1.82, 2.24) is 0 Å². The minimum atomic E-state index is 1.22. The molecule has 0 aromatic heterocycles. The van der Waals surface area contributed by atoms with E-state index < -0.39 is 0 Å². The van der Waals surface area contributed by atoms with Crippen LogP contribution in [0.2, 0.25) is 0 Å². The van der Waals surface area contributed by atoms with E-state index in [2.05, 4.69) is 37.3 Å². The molecular formula is C18H27. The molecule has 0 N–H and O–H groups in total. The van der Waals surface area contributed by atoms with Gasteiger partial charge in [-0.15, -0.1) is 0 Å². The van der Waals surface area contributed by atoms with Gasteiger partial charge in [-0.3, -0.25) is 0 Å². The van der Waals surface area contributed by atoms with E-state index in [-0.39, 0.29) is 0 Å². The van der Waals surface area contributed by atoms with E-state index in [0.717, 1.165) is 0 Å². The second-order valence-corrected chi connectivity index (χ2v) is 5.00. The Hall–Kier alpha value is -1.04. The van der Waals surface area contributed by atoms with Crippen LogP contribution in [0.3, 0.4) is 0 Å². The first-order chi connectivity index (χ1) is 8.93. The second kappa shape index (κ2) is 11.1. The highest BCUT2D eigenvalue weighted by Gasteiger charge is 1.90. The molecule has 0 aliphatic rings. The molecule has 99 valence electrons. The molecule has 0 heterocycles. The monoisotopic (exact) mass is 243 g/mol. The topological polar surface area (TPSA) is 0 Å². The van der Waals surface area contributed by atoms with Crippen molar-refractivity contribution in [2.45, 2.75) is 64.7 Å². The number of benzene rings is 1. The molecule has 0 saturated carbocycles. The molecule has 0 amide bonds. The summed E-state index contributed by atoms with van der Waals surface area (Å²) in [6.45, 7) is 2.27. The van der Waals surface area contributed by atoms with Gasteiger partial charge in [0, 0.05) is 0 Å². The predicted molar refractivity (Wildman–Crippen MR) is 81.5 cm³/mol. The first-order valence-electron chi connectivity index (χ1n) is 7.56. The average molecular weight is 243 g/mol. The Morgan fingerprint density at radius 1 is 0.889 bits per heavy atom. The van der Waals surface area contributed by atoms with Crippen LogP contribution in [0, 0.1) is 6.07 Å².